The highest BCUT2D eigenvalue weighted by Gasteiger charge is 1.99. The van der Waals surface area contributed by atoms with Crippen LogP contribution in [0, 0.1) is 5.82 Å². The van der Waals surface area contributed by atoms with E-state index in [0.29, 0.717) is 6.61 Å². The summed E-state index contributed by atoms with van der Waals surface area (Å²) in [5.41, 5.74) is 0.709. The highest BCUT2D eigenvalue weighted by molar-refractivity contribution is 7.99. The zero-order valence-electron chi connectivity index (χ0n) is 13.1. The zero-order valence-corrected chi connectivity index (χ0v) is 13.9. The molecule has 24 heavy (non-hydrogen) atoms. The average Bonchev–Trinajstić information content (AvgIpc) is 2.59. The highest BCUT2D eigenvalue weighted by Crippen LogP contribution is 2.20. The molecule has 0 fully saturated rings. The Hall–Kier alpha value is -2.27. The van der Waals surface area contributed by atoms with Crippen molar-refractivity contribution in [1.29, 1.82) is 0 Å². The number of hydrogen-bond donors (Lipinski definition) is 1. The molecular weight excluding hydrogens is 325 g/mol. The molecular formula is C19H18FNO2S. The van der Waals surface area contributed by atoms with E-state index in [1.807, 2.05) is 18.2 Å². The number of unbranched alkanes of at least 4 members (excludes halogenated alkanes) is 1. The van der Waals surface area contributed by atoms with Gasteiger partial charge in [-0.3, -0.25) is 4.79 Å². The van der Waals surface area contributed by atoms with Crippen LogP contribution in [-0.2, 0) is 0 Å². The number of thioether (sulfide) groups is 1. The van der Waals surface area contributed by atoms with Crippen molar-refractivity contribution in [1.82, 2.24) is 4.98 Å². The Balaban J connectivity index is 1.41. The summed E-state index contributed by atoms with van der Waals surface area (Å²) in [5.74, 6) is 1.58. The Bertz CT molecular complexity index is 861. The first-order valence-corrected chi connectivity index (χ1v) is 8.83. The summed E-state index contributed by atoms with van der Waals surface area (Å²) >= 11 is 1.72. The van der Waals surface area contributed by atoms with Crippen LogP contribution in [0.25, 0.3) is 10.9 Å². The van der Waals surface area contributed by atoms with Gasteiger partial charge >= 0.3 is 0 Å². The number of pyridine rings is 1. The van der Waals surface area contributed by atoms with E-state index in [0.717, 1.165) is 40.1 Å². The zero-order chi connectivity index (χ0) is 16.8. The van der Waals surface area contributed by atoms with Crippen molar-refractivity contribution in [2.45, 2.75) is 17.7 Å². The van der Waals surface area contributed by atoms with Crippen LogP contribution in [0.5, 0.6) is 5.75 Å². The van der Waals surface area contributed by atoms with Gasteiger partial charge in [-0.05, 0) is 67.1 Å². The van der Waals surface area contributed by atoms with Crippen LogP contribution in [-0.4, -0.2) is 17.3 Å². The molecule has 0 saturated carbocycles. The third kappa shape index (κ3) is 4.61. The number of aromatic nitrogens is 1. The molecule has 3 aromatic rings. The predicted molar refractivity (Wildman–Crippen MR) is 96.4 cm³/mol. The van der Waals surface area contributed by atoms with Gasteiger partial charge < -0.3 is 9.72 Å². The summed E-state index contributed by atoms with van der Waals surface area (Å²) in [7, 11) is 0. The Kier molecular flexibility index (Phi) is 5.54. The van der Waals surface area contributed by atoms with Crippen LogP contribution in [0.2, 0.25) is 0 Å². The second kappa shape index (κ2) is 8.02. The molecule has 0 saturated heterocycles. The molecule has 0 aliphatic heterocycles. The minimum atomic E-state index is -0.202. The molecule has 1 N–H and O–H groups in total. The van der Waals surface area contributed by atoms with Crippen LogP contribution in [0.3, 0.4) is 0 Å². The van der Waals surface area contributed by atoms with Gasteiger partial charge in [-0.25, -0.2) is 4.39 Å². The van der Waals surface area contributed by atoms with Gasteiger partial charge in [-0.2, -0.15) is 0 Å². The molecule has 0 radical (unpaired) electrons. The molecule has 3 nitrogen and oxygen atoms in total. The topological polar surface area (TPSA) is 42.1 Å². The largest absolute Gasteiger partial charge is 0.494 e. The van der Waals surface area contributed by atoms with E-state index in [1.165, 1.54) is 18.2 Å². The molecule has 3 rings (SSSR count). The predicted octanol–water partition coefficient (Wildman–Crippen LogP) is 4.62. The lowest BCUT2D eigenvalue weighted by Gasteiger charge is -2.07. The standard InChI is InChI=1S/C19H18FNO2S/c20-15-4-7-17(8-5-15)24-12-2-1-11-23-16-6-9-18-14(13-16)3-10-19(22)21-18/h3-10,13H,1-2,11-12H2,(H,21,22). The molecule has 0 aliphatic carbocycles. The van der Waals surface area contributed by atoms with Crippen molar-refractivity contribution in [3.05, 3.63) is 70.8 Å². The molecule has 0 unspecified atom stereocenters. The lowest BCUT2D eigenvalue weighted by molar-refractivity contribution is 0.310. The highest BCUT2D eigenvalue weighted by atomic mass is 32.2. The van der Waals surface area contributed by atoms with E-state index < -0.39 is 0 Å². The number of H-pyrrole nitrogens is 1. The SMILES string of the molecule is O=c1ccc2cc(OCCCCSc3ccc(F)cc3)ccc2[nH]1. The minimum absolute atomic E-state index is 0.102. The molecule has 5 heteroatoms. The third-order valence-corrected chi connectivity index (χ3v) is 4.68. The van der Waals surface area contributed by atoms with E-state index in [-0.39, 0.29) is 11.4 Å². The van der Waals surface area contributed by atoms with Crippen molar-refractivity contribution in [3.8, 4) is 5.75 Å². The monoisotopic (exact) mass is 343 g/mol. The summed E-state index contributed by atoms with van der Waals surface area (Å²) in [6.45, 7) is 0.652. The third-order valence-electron chi connectivity index (χ3n) is 3.58. The van der Waals surface area contributed by atoms with Gasteiger partial charge in [0.1, 0.15) is 11.6 Å². The van der Waals surface area contributed by atoms with Crippen molar-refractivity contribution >= 4 is 22.7 Å². The van der Waals surface area contributed by atoms with Gasteiger partial charge in [0, 0.05) is 21.9 Å². The number of fused-ring (bicyclic) bond motifs is 1. The van der Waals surface area contributed by atoms with E-state index >= 15 is 0 Å². The number of nitrogens with one attached hydrogen (secondary N) is 1. The van der Waals surface area contributed by atoms with E-state index in [2.05, 4.69) is 4.98 Å². The van der Waals surface area contributed by atoms with Crippen LogP contribution >= 0.6 is 11.8 Å². The van der Waals surface area contributed by atoms with E-state index in [9.17, 15) is 9.18 Å². The smallest absolute Gasteiger partial charge is 0.248 e. The minimum Gasteiger partial charge on any atom is -0.494 e. The van der Waals surface area contributed by atoms with Gasteiger partial charge in [0.15, 0.2) is 0 Å². The van der Waals surface area contributed by atoms with Gasteiger partial charge in [-0.15, -0.1) is 11.8 Å². The van der Waals surface area contributed by atoms with Crippen LogP contribution in [0.15, 0.2) is 64.3 Å². The fourth-order valence-electron chi connectivity index (χ4n) is 2.34. The maximum atomic E-state index is 12.8. The van der Waals surface area contributed by atoms with Gasteiger partial charge in [0.05, 0.1) is 6.61 Å². The summed E-state index contributed by atoms with van der Waals surface area (Å²) < 4.78 is 18.6. The number of benzene rings is 2. The van der Waals surface area contributed by atoms with Gasteiger partial charge in [0.2, 0.25) is 5.56 Å². The van der Waals surface area contributed by atoms with Crippen molar-refractivity contribution in [2.75, 3.05) is 12.4 Å². The van der Waals surface area contributed by atoms with E-state index in [4.69, 9.17) is 4.74 Å². The Morgan fingerprint density at radius 3 is 2.67 bits per heavy atom. The molecule has 1 aromatic heterocycles. The molecule has 124 valence electrons. The van der Waals surface area contributed by atoms with Crippen LogP contribution in [0.4, 0.5) is 4.39 Å². The molecule has 0 amide bonds. The first kappa shape index (κ1) is 16.6. The van der Waals surface area contributed by atoms with Crippen LogP contribution < -0.4 is 10.3 Å². The molecule has 0 aliphatic rings. The number of rotatable bonds is 7. The Morgan fingerprint density at radius 2 is 1.83 bits per heavy atom. The van der Waals surface area contributed by atoms with Gasteiger partial charge in [0.25, 0.3) is 0 Å². The molecule has 0 bridgehead atoms. The molecule has 0 atom stereocenters. The molecule has 2 aromatic carbocycles. The second-order valence-corrected chi connectivity index (χ2v) is 6.60. The summed E-state index contributed by atoms with van der Waals surface area (Å²) in [6.07, 6.45) is 1.99. The summed E-state index contributed by atoms with van der Waals surface area (Å²) in [4.78, 5) is 15.1. The number of halogens is 1. The fraction of sp³-hybridized carbons (Fsp3) is 0.211. The van der Waals surface area contributed by atoms with Crippen molar-refractivity contribution in [2.24, 2.45) is 0 Å². The Labute approximate surface area is 143 Å². The molecule has 0 spiro atoms. The average molecular weight is 343 g/mol. The maximum absolute atomic E-state index is 12.8. The lowest BCUT2D eigenvalue weighted by Crippen LogP contribution is -2.02. The number of ether oxygens (including phenoxy) is 1. The van der Waals surface area contributed by atoms with E-state index in [1.54, 1.807) is 30.0 Å². The first-order valence-electron chi connectivity index (χ1n) is 7.85. The number of aromatic amines is 1. The first-order chi connectivity index (χ1) is 11.7. The van der Waals surface area contributed by atoms with Crippen LogP contribution in [0.1, 0.15) is 12.8 Å². The van der Waals surface area contributed by atoms with Crippen molar-refractivity contribution in [3.63, 3.8) is 0 Å². The lowest BCUT2D eigenvalue weighted by atomic mass is 10.2. The summed E-state index contributed by atoms with van der Waals surface area (Å²) in [5, 5.41) is 0.957. The maximum Gasteiger partial charge on any atom is 0.248 e. The quantitative estimate of drug-likeness (QED) is 0.503. The summed E-state index contributed by atoms with van der Waals surface area (Å²) in [6, 6.07) is 15.5. The van der Waals surface area contributed by atoms with Gasteiger partial charge in [-0.1, -0.05) is 0 Å². The normalized spacial score (nSPS) is 10.9. The molecule has 1 heterocycles. The Morgan fingerprint density at radius 1 is 1.00 bits per heavy atom. The number of hydrogen-bond acceptors (Lipinski definition) is 3. The van der Waals surface area contributed by atoms with Crippen molar-refractivity contribution < 1.29 is 9.13 Å². The second-order valence-electron chi connectivity index (χ2n) is 5.43. The fourth-order valence-corrected chi connectivity index (χ4v) is 3.25.